The van der Waals surface area contributed by atoms with Gasteiger partial charge in [0.1, 0.15) is 0 Å². The summed E-state index contributed by atoms with van der Waals surface area (Å²) in [6.07, 6.45) is 8.11. The van der Waals surface area contributed by atoms with E-state index in [9.17, 15) is 4.79 Å². The molecule has 0 fully saturated rings. The lowest BCUT2D eigenvalue weighted by Gasteiger charge is -2.13. The Balaban J connectivity index is 1.46. The molecule has 0 spiro atoms. The molecule has 1 unspecified atom stereocenters. The van der Waals surface area contributed by atoms with Crippen molar-refractivity contribution in [2.24, 2.45) is 5.92 Å². The normalized spacial score (nSPS) is 12.0. The van der Waals surface area contributed by atoms with E-state index in [2.05, 4.69) is 17.3 Å². The van der Waals surface area contributed by atoms with Crippen LogP contribution in [0.25, 0.3) is 5.69 Å². The van der Waals surface area contributed by atoms with Gasteiger partial charge in [0.15, 0.2) is 0 Å². The summed E-state index contributed by atoms with van der Waals surface area (Å²) in [6.45, 7) is 3.56. The van der Waals surface area contributed by atoms with Crippen molar-refractivity contribution in [1.82, 2.24) is 19.7 Å². The maximum atomic E-state index is 12.1. The van der Waals surface area contributed by atoms with Gasteiger partial charge in [-0.15, -0.1) is 0 Å². The Morgan fingerprint density at radius 2 is 1.88 bits per heavy atom. The number of rotatable bonds is 7. The van der Waals surface area contributed by atoms with E-state index in [-0.39, 0.29) is 5.91 Å². The standard InChI is InChI=1S/C19H22N4O/c1-16(15-23-12-4-9-21-23)14-20-19(24)13-17-5-7-18(8-6-17)22-10-2-3-11-22/h2-12,16H,13-15H2,1H3,(H,20,24). The second-order valence-electron chi connectivity index (χ2n) is 6.07. The van der Waals surface area contributed by atoms with Crippen LogP contribution in [-0.2, 0) is 17.8 Å². The van der Waals surface area contributed by atoms with Crippen molar-refractivity contribution in [3.63, 3.8) is 0 Å². The molecule has 0 bridgehead atoms. The molecule has 2 heterocycles. The molecule has 0 aliphatic heterocycles. The second kappa shape index (κ2) is 7.64. The zero-order valence-electron chi connectivity index (χ0n) is 13.8. The third-order valence-electron chi connectivity index (χ3n) is 3.91. The average molecular weight is 322 g/mol. The van der Waals surface area contributed by atoms with Crippen molar-refractivity contribution in [3.05, 3.63) is 72.8 Å². The van der Waals surface area contributed by atoms with Crippen LogP contribution in [0.5, 0.6) is 0 Å². The predicted octanol–water partition coefficient (Wildman–Crippen LogP) is 2.67. The van der Waals surface area contributed by atoms with Crippen LogP contribution in [0.15, 0.2) is 67.3 Å². The fourth-order valence-electron chi connectivity index (χ4n) is 2.62. The van der Waals surface area contributed by atoms with Crippen molar-refractivity contribution >= 4 is 5.91 Å². The number of amides is 1. The molecule has 0 aliphatic carbocycles. The van der Waals surface area contributed by atoms with Crippen LogP contribution in [0.2, 0.25) is 0 Å². The highest BCUT2D eigenvalue weighted by atomic mass is 16.1. The summed E-state index contributed by atoms with van der Waals surface area (Å²) < 4.78 is 3.93. The number of hydrogen-bond acceptors (Lipinski definition) is 2. The Morgan fingerprint density at radius 3 is 2.54 bits per heavy atom. The summed E-state index contributed by atoms with van der Waals surface area (Å²) in [5.74, 6) is 0.390. The van der Waals surface area contributed by atoms with Crippen LogP contribution in [-0.4, -0.2) is 26.8 Å². The van der Waals surface area contributed by atoms with Gasteiger partial charge < -0.3 is 9.88 Å². The summed E-state index contributed by atoms with van der Waals surface area (Å²) in [6, 6.07) is 14.0. The molecule has 1 aromatic carbocycles. The van der Waals surface area contributed by atoms with Gasteiger partial charge in [0.25, 0.3) is 0 Å². The van der Waals surface area contributed by atoms with Crippen LogP contribution < -0.4 is 5.32 Å². The number of carbonyl (C=O) groups excluding carboxylic acids is 1. The lowest BCUT2D eigenvalue weighted by atomic mass is 10.1. The number of aromatic nitrogens is 3. The van der Waals surface area contributed by atoms with E-state index in [1.807, 2.05) is 70.3 Å². The molecule has 0 saturated carbocycles. The van der Waals surface area contributed by atoms with E-state index in [0.717, 1.165) is 17.8 Å². The van der Waals surface area contributed by atoms with Crippen molar-refractivity contribution in [2.45, 2.75) is 19.9 Å². The van der Waals surface area contributed by atoms with Crippen LogP contribution in [0, 0.1) is 5.92 Å². The van der Waals surface area contributed by atoms with Crippen LogP contribution >= 0.6 is 0 Å². The molecule has 1 atom stereocenters. The number of carbonyl (C=O) groups is 1. The second-order valence-corrected chi connectivity index (χ2v) is 6.07. The highest BCUT2D eigenvalue weighted by molar-refractivity contribution is 5.78. The first-order valence-corrected chi connectivity index (χ1v) is 8.17. The van der Waals surface area contributed by atoms with Gasteiger partial charge in [0.05, 0.1) is 6.42 Å². The van der Waals surface area contributed by atoms with Gasteiger partial charge in [-0.2, -0.15) is 5.10 Å². The molecule has 5 nitrogen and oxygen atoms in total. The van der Waals surface area contributed by atoms with Crippen LogP contribution in [0.4, 0.5) is 0 Å². The fraction of sp³-hybridized carbons (Fsp3) is 0.263. The van der Waals surface area contributed by atoms with Crippen molar-refractivity contribution in [2.75, 3.05) is 6.54 Å². The van der Waals surface area contributed by atoms with Crippen molar-refractivity contribution in [3.8, 4) is 5.69 Å². The molecule has 0 saturated heterocycles. The molecule has 0 aliphatic rings. The minimum atomic E-state index is 0.0519. The largest absolute Gasteiger partial charge is 0.355 e. The lowest BCUT2D eigenvalue weighted by molar-refractivity contribution is -0.120. The third kappa shape index (κ3) is 4.35. The van der Waals surface area contributed by atoms with E-state index in [1.54, 1.807) is 6.20 Å². The maximum Gasteiger partial charge on any atom is 0.224 e. The maximum absolute atomic E-state index is 12.1. The third-order valence-corrected chi connectivity index (χ3v) is 3.91. The molecule has 3 aromatic rings. The van der Waals surface area contributed by atoms with E-state index in [1.165, 1.54) is 0 Å². The molecule has 0 radical (unpaired) electrons. The van der Waals surface area contributed by atoms with Gasteiger partial charge in [-0.1, -0.05) is 19.1 Å². The minimum Gasteiger partial charge on any atom is -0.355 e. The van der Waals surface area contributed by atoms with Crippen LogP contribution in [0.1, 0.15) is 12.5 Å². The van der Waals surface area contributed by atoms with Crippen molar-refractivity contribution < 1.29 is 4.79 Å². The van der Waals surface area contributed by atoms with Gasteiger partial charge in [-0.05, 0) is 41.8 Å². The Morgan fingerprint density at radius 1 is 1.12 bits per heavy atom. The number of hydrogen-bond donors (Lipinski definition) is 1. The van der Waals surface area contributed by atoms with Gasteiger partial charge >= 0.3 is 0 Å². The zero-order chi connectivity index (χ0) is 16.8. The highest BCUT2D eigenvalue weighted by Crippen LogP contribution is 2.10. The smallest absolute Gasteiger partial charge is 0.224 e. The first-order chi connectivity index (χ1) is 11.7. The summed E-state index contributed by atoms with van der Waals surface area (Å²) in [5.41, 5.74) is 2.11. The van der Waals surface area contributed by atoms with E-state index < -0.39 is 0 Å². The Bertz CT molecular complexity index is 745. The molecule has 124 valence electrons. The highest BCUT2D eigenvalue weighted by Gasteiger charge is 2.08. The first-order valence-electron chi connectivity index (χ1n) is 8.17. The Hall–Kier alpha value is -2.82. The van der Waals surface area contributed by atoms with E-state index in [4.69, 9.17) is 0 Å². The Kier molecular flexibility index (Phi) is 5.11. The fourth-order valence-corrected chi connectivity index (χ4v) is 2.62. The summed E-state index contributed by atoms with van der Waals surface area (Å²) in [5, 5.41) is 7.18. The van der Waals surface area contributed by atoms with E-state index in [0.29, 0.717) is 18.9 Å². The molecule has 2 aromatic heterocycles. The molecule has 3 rings (SSSR count). The average Bonchev–Trinajstić information content (AvgIpc) is 3.27. The molecular formula is C19H22N4O. The summed E-state index contributed by atoms with van der Waals surface area (Å²) >= 11 is 0. The number of benzene rings is 1. The number of nitrogens with zero attached hydrogens (tertiary/aromatic N) is 3. The molecule has 1 N–H and O–H groups in total. The number of nitrogens with one attached hydrogen (secondary N) is 1. The summed E-state index contributed by atoms with van der Waals surface area (Å²) in [7, 11) is 0. The summed E-state index contributed by atoms with van der Waals surface area (Å²) in [4.78, 5) is 12.1. The van der Waals surface area contributed by atoms with Crippen LogP contribution in [0.3, 0.4) is 0 Å². The lowest BCUT2D eigenvalue weighted by Crippen LogP contribution is -2.31. The topological polar surface area (TPSA) is 51.9 Å². The molecule has 5 heteroatoms. The van der Waals surface area contributed by atoms with E-state index >= 15 is 0 Å². The minimum absolute atomic E-state index is 0.0519. The van der Waals surface area contributed by atoms with Gasteiger partial charge in [-0.25, -0.2) is 0 Å². The van der Waals surface area contributed by atoms with Crippen molar-refractivity contribution in [1.29, 1.82) is 0 Å². The monoisotopic (exact) mass is 322 g/mol. The van der Waals surface area contributed by atoms with Gasteiger partial charge in [0.2, 0.25) is 5.91 Å². The van der Waals surface area contributed by atoms with Gasteiger partial charge in [0, 0.05) is 43.6 Å². The molecule has 1 amide bonds. The molecule has 24 heavy (non-hydrogen) atoms. The first kappa shape index (κ1) is 16.1. The SMILES string of the molecule is CC(CNC(=O)Cc1ccc(-n2cccc2)cc1)Cn1cccn1. The van der Waals surface area contributed by atoms with Gasteiger partial charge in [-0.3, -0.25) is 9.48 Å². The quantitative estimate of drug-likeness (QED) is 0.727. The predicted molar refractivity (Wildman–Crippen MR) is 93.9 cm³/mol. The Labute approximate surface area is 141 Å². The molecular weight excluding hydrogens is 300 g/mol. The zero-order valence-corrected chi connectivity index (χ0v) is 13.8.